The van der Waals surface area contributed by atoms with Crippen LogP contribution in [-0.2, 0) is 0 Å². The van der Waals surface area contributed by atoms with Crippen molar-refractivity contribution >= 4 is 5.78 Å². The molecule has 2 fully saturated rings. The highest BCUT2D eigenvalue weighted by atomic mass is 16.1. The van der Waals surface area contributed by atoms with Gasteiger partial charge in [-0.2, -0.15) is 5.43 Å². The first kappa shape index (κ1) is 10.8. The van der Waals surface area contributed by atoms with Crippen molar-refractivity contribution in [3.05, 3.63) is 30.1 Å². The first-order valence-corrected chi connectivity index (χ1v) is 6.48. The molecule has 1 heterocycles. The van der Waals surface area contributed by atoms with Crippen LogP contribution in [0.2, 0.25) is 0 Å². The highest BCUT2D eigenvalue weighted by molar-refractivity contribution is 5.90. The molecule has 2 saturated carbocycles. The average molecular weight is 231 g/mol. The van der Waals surface area contributed by atoms with Gasteiger partial charge < -0.3 is 0 Å². The van der Waals surface area contributed by atoms with Crippen molar-refractivity contribution in [1.29, 1.82) is 0 Å². The van der Waals surface area contributed by atoms with Gasteiger partial charge in [0, 0.05) is 19.1 Å². The van der Waals surface area contributed by atoms with Crippen molar-refractivity contribution in [2.75, 3.05) is 5.43 Å². The number of nitrogens with one attached hydrogen (secondary N) is 1. The summed E-state index contributed by atoms with van der Waals surface area (Å²) in [5.41, 5.74) is 4.59. The van der Waals surface area contributed by atoms with Crippen molar-refractivity contribution in [3.8, 4) is 0 Å². The molecule has 2 aliphatic carbocycles. The Balaban J connectivity index is 1.88. The van der Waals surface area contributed by atoms with E-state index in [9.17, 15) is 4.79 Å². The second-order valence-corrected chi connectivity index (χ2v) is 5.55. The first-order chi connectivity index (χ1) is 8.19. The molecule has 0 aliphatic heterocycles. The molecule has 0 atom stereocenters. The van der Waals surface area contributed by atoms with Gasteiger partial charge in [-0.1, -0.05) is 4.68 Å². The van der Waals surface area contributed by atoms with E-state index in [1.54, 1.807) is 6.92 Å². The van der Waals surface area contributed by atoms with Gasteiger partial charge in [-0.05, 0) is 44.1 Å². The zero-order chi connectivity index (χ0) is 11.9. The second kappa shape index (κ2) is 3.83. The molecular formula is C14H19N2O+. The number of pyridine rings is 1. The molecule has 3 rings (SSSR count). The monoisotopic (exact) mass is 231 g/mol. The zero-order valence-corrected chi connectivity index (χ0v) is 10.3. The maximum atomic E-state index is 11.6. The Labute approximate surface area is 102 Å². The van der Waals surface area contributed by atoms with Gasteiger partial charge in [0.2, 0.25) is 5.78 Å². The maximum Gasteiger partial charge on any atom is 0.277 e. The number of ketones is 1. The fourth-order valence-electron chi connectivity index (χ4n) is 3.43. The van der Waals surface area contributed by atoms with Gasteiger partial charge >= 0.3 is 0 Å². The third kappa shape index (κ3) is 1.84. The van der Waals surface area contributed by atoms with Crippen molar-refractivity contribution in [3.63, 3.8) is 0 Å². The molecule has 0 amide bonds. The molecule has 3 nitrogen and oxygen atoms in total. The van der Waals surface area contributed by atoms with Gasteiger partial charge in [-0.3, -0.25) is 4.79 Å². The van der Waals surface area contributed by atoms with Crippen LogP contribution in [0.3, 0.4) is 0 Å². The summed E-state index contributed by atoms with van der Waals surface area (Å²) >= 11 is 0. The molecule has 2 bridgehead atoms. The molecule has 1 N–H and O–H groups in total. The summed E-state index contributed by atoms with van der Waals surface area (Å²) in [7, 11) is 0. The first-order valence-electron chi connectivity index (χ1n) is 6.48. The van der Waals surface area contributed by atoms with Crippen LogP contribution in [0.15, 0.2) is 24.4 Å². The predicted molar refractivity (Wildman–Crippen MR) is 65.3 cm³/mol. The third-order valence-electron chi connectivity index (χ3n) is 4.32. The predicted octanol–water partition coefficient (Wildman–Crippen LogP) is 2.05. The Kier molecular flexibility index (Phi) is 2.42. The minimum absolute atomic E-state index is 0.113. The Morgan fingerprint density at radius 1 is 1.41 bits per heavy atom. The fourth-order valence-corrected chi connectivity index (χ4v) is 3.43. The highest BCUT2D eigenvalue weighted by Crippen LogP contribution is 2.47. The van der Waals surface area contributed by atoms with Crippen LogP contribution in [0.1, 0.15) is 49.5 Å². The van der Waals surface area contributed by atoms with Gasteiger partial charge in [0.1, 0.15) is 0 Å². The van der Waals surface area contributed by atoms with E-state index in [1.807, 2.05) is 29.1 Å². The normalized spacial score (nSPS) is 30.5. The minimum atomic E-state index is 0.113. The summed E-state index contributed by atoms with van der Waals surface area (Å²) < 4.78 is 1.93. The Hall–Kier alpha value is -1.38. The van der Waals surface area contributed by atoms with Crippen LogP contribution in [0.25, 0.3) is 0 Å². The molecule has 0 aromatic carbocycles. The van der Waals surface area contributed by atoms with Gasteiger partial charge in [0.15, 0.2) is 6.20 Å². The maximum absolute atomic E-state index is 11.6. The number of rotatable bonds is 3. The fraction of sp³-hybridized carbons (Fsp3) is 0.571. The number of nitrogens with zero attached hydrogens (tertiary/aromatic N) is 1. The molecule has 0 saturated heterocycles. The summed E-state index contributed by atoms with van der Waals surface area (Å²) in [5.74, 6) is 1.02. The van der Waals surface area contributed by atoms with Crippen LogP contribution in [-0.4, -0.2) is 11.3 Å². The quantitative estimate of drug-likeness (QED) is 0.638. The molecule has 0 spiro atoms. The van der Waals surface area contributed by atoms with Crippen molar-refractivity contribution in [2.45, 2.75) is 44.6 Å². The molecule has 0 radical (unpaired) electrons. The summed E-state index contributed by atoms with van der Waals surface area (Å²) in [4.78, 5) is 11.6. The molecule has 0 unspecified atom stereocenters. The lowest BCUT2D eigenvalue weighted by Gasteiger charge is -2.24. The largest absolute Gasteiger partial charge is 0.288 e. The lowest BCUT2D eigenvalue weighted by atomic mass is 9.95. The molecule has 90 valence electrons. The standard InChI is InChI=1S/C14H18N2O/c1-11(17)13-4-2-3-9-16(13)15-14-7-5-12(10-14)6-8-14/h2-4,9,12H,5-8,10H2,1H3/p+1. The average Bonchev–Trinajstić information content (AvgIpc) is 2.89. The van der Waals surface area contributed by atoms with Crippen molar-refractivity contribution < 1.29 is 9.47 Å². The molecule has 3 heteroatoms. The molecular weight excluding hydrogens is 212 g/mol. The summed E-state index contributed by atoms with van der Waals surface area (Å²) in [6.45, 7) is 1.62. The number of carbonyl (C=O) groups excluding carboxylic acids is 1. The number of Topliss-reactive ketones (excluding diaryl/α,β-unsaturated/α-hetero) is 1. The van der Waals surface area contributed by atoms with Gasteiger partial charge in [-0.25, -0.2) is 0 Å². The van der Waals surface area contributed by atoms with E-state index in [2.05, 4.69) is 5.43 Å². The van der Waals surface area contributed by atoms with Crippen LogP contribution < -0.4 is 10.1 Å². The second-order valence-electron chi connectivity index (χ2n) is 5.55. The topological polar surface area (TPSA) is 33.0 Å². The number of aromatic nitrogens is 1. The van der Waals surface area contributed by atoms with Crippen molar-refractivity contribution in [1.82, 2.24) is 0 Å². The molecule has 1 aromatic heterocycles. The van der Waals surface area contributed by atoms with E-state index in [-0.39, 0.29) is 11.3 Å². The number of hydrogen-bond donors (Lipinski definition) is 1. The number of carbonyl (C=O) groups is 1. The summed E-state index contributed by atoms with van der Waals surface area (Å²) in [6, 6.07) is 5.77. The van der Waals surface area contributed by atoms with E-state index in [0.29, 0.717) is 0 Å². The number of hydrogen-bond acceptors (Lipinski definition) is 2. The molecule has 1 aromatic rings. The van der Waals surface area contributed by atoms with Crippen molar-refractivity contribution in [2.24, 2.45) is 5.92 Å². The van der Waals surface area contributed by atoms with Gasteiger partial charge in [0.05, 0.1) is 5.54 Å². The third-order valence-corrected chi connectivity index (χ3v) is 4.32. The van der Waals surface area contributed by atoms with Gasteiger partial charge in [-0.15, -0.1) is 0 Å². The minimum Gasteiger partial charge on any atom is -0.288 e. The van der Waals surface area contributed by atoms with E-state index in [4.69, 9.17) is 0 Å². The SMILES string of the molecule is CC(=O)c1cccc[n+]1NC12CCC(CC1)C2. The van der Waals surface area contributed by atoms with Crippen LogP contribution in [0.5, 0.6) is 0 Å². The van der Waals surface area contributed by atoms with Gasteiger partial charge in [0.25, 0.3) is 5.69 Å². The summed E-state index contributed by atoms with van der Waals surface area (Å²) in [6.07, 6.45) is 8.41. The smallest absolute Gasteiger partial charge is 0.277 e. The van der Waals surface area contributed by atoms with E-state index in [0.717, 1.165) is 11.6 Å². The molecule has 2 aliphatic rings. The highest BCUT2D eigenvalue weighted by Gasteiger charge is 2.47. The van der Waals surface area contributed by atoms with Crippen LogP contribution in [0, 0.1) is 5.92 Å². The Morgan fingerprint density at radius 3 is 2.76 bits per heavy atom. The van der Waals surface area contributed by atoms with E-state index < -0.39 is 0 Å². The number of fused-ring (bicyclic) bond motifs is 2. The lowest BCUT2D eigenvalue weighted by molar-refractivity contribution is -0.659. The van der Waals surface area contributed by atoms with Crippen LogP contribution in [0.4, 0.5) is 0 Å². The Morgan fingerprint density at radius 2 is 2.18 bits per heavy atom. The van der Waals surface area contributed by atoms with Crippen LogP contribution >= 0.6 is 0 Å². The lowest BCUT2D eigenvalue weighted by Crippen LogP contribution is -2.58. The summed E-state index contributed by atoms with van der Waals surface area (Å²) in [5, 5.41) is 0. The van der Waals surface area contributed by atoms with E-state index in [1.165, 1.54) is 32.1 Å². The zero-order valence-electron chi connectivity index (χ0n) is 10.3. The molecule has 17 heavy (non-hydrogen) atoms. The van der Waals surface area contributed by atoms with E-state index >= 15 is 0 Å². The Bertz CT molecular complexity index is 447.